The molecular weight excluding hydrogens is 291 g/mol. The molecule has 0 aromatic carbocycles. The summed E-state index contributed by atoms with van der Waals surface area (Å²) >= 11 is 0. The van der Waals surface area contributed by atoms with Gasteiger partial charge >= 0.3 is 7.12 Å². The molecule has 0 atom stereocenters. The van der Waals surface area contributed by atoms with Crippen LogP contribution in [0.25, 0.3) is 0 Å². The van der Waals surface area contributed by atoms with E-state index in [1.807, 2.05) is 12.4 Å². The summed E-state index contributed by atoms with van der Waals surface area (Å²) in [4.78, 5) is 0. The van der Waals surface area contributed by atoms with Crippen LogP contribution in [0.3, 0.4) is 0 Å². The molecule has 1 aliphatic heterocycles. The summed E-state index contributed by atoms with van der Waals surface area (Å²) in [5, 5.41) is 9.72. The van der Waals surface area contributed by atoms with Gasteiger partial charge in [-0.05, 0) is 37.9 Å². The van der Waals surface area contributed by atoms with Gasteiger partial charge in [-0.3, -0.25) is 0 Å². The first-order valence-electron chi connectivity index (χ1n) is 7.96. The van der Waals surface area contributed by atoms with Crippen LogP contribution in [0, 0.1) is 0 Å². The monoisotopic (exact) mass is 320 g/mol. The normalized spacial score (nSPS) is 21.2. The van der Waals surface area contributed by atoms with Crippen molar-refractivity contribution in [1.29, 1.82) is 0 Å². The minimum absolute atomic E-state index is 0.217. The van der Waals surface area contributed by atoms with Crippen LogP contribution in [0.5, 0.6) is 0 Å². The first-order valence-corrected chi connectivity index (χ1v) is 11.0. The van der Waals surface area contributed by atoms with Crippen LogP contribution >= 0.6 is 0 Å². The zero-order valence-electron chi connectivity index (χ0n) is 15.4. The van der Waals surface area contributed by atoms with E-state index in [1.165, 1.54) is 5.19 Å². The fraction of sp³-hybridized carbons (Fsp3) is 0.750. The molecule has 0 unspecified atom stereocenters. The quantitative estimate of drug-likeness (QED) is 0.786. The van der Waals surface area contributed by atoms with E-state index in [0.717, 1.165) is 5.46 Å². The van der Waals surface area contributed by atoms with E-state index < -0.39 is 8.07 Å². The van der Waals surface area contributed by atoms with Crippen molar-refractivity contribution in [2.75, 3.05) is 0 Å². The molecule has 0 amide bonds. The van der Waals surface area contributed by atoms with Crippen LogP contribution in [-0.4, -0.2) is 36.6 Å². The molecule has 22 heavy (non-hydrogen) atoms. The zero-order chi connectivity index (χ0) is 17.0. The predicted molar refractivity (Wildman–Crippen MR) is 94.6 cm³/mol. The largest absolute Gasteiger partial charge is 0.496 e. The second-order valence-electron chi connectivity index (χ2n) is 8.82. The molecule has 6 heteroatoms. The van der Waals surface area contributed by atoms with E-state index >= 15 is 0 Å². The van der Waals surface area contributed by atoms with E-state index in [4.69, 9.17) is 9.31 Å². The standard InChI is InChI=1S/C16H29BN2O2Si/c1-14(2,3)22(8,9)13-11-19-18-10-12(13)17-20-15(4,5)16(6,7)21-17/h10-11H,1-9H3. The number of hydrogen-bond donors (Lipinski definition) is 0. The first kappa shape index (κ1) is 17.6. The Bertz CT molecular complexity index is 552. The van der Waals surface area contributed by atoms with Crippen LogP contribution in [0.2, 0.25) is 18.1 Å². The summed E-state index contributed by atoms with van der Waals surface area (Å²) in [6.45, 7) is 20.0. The van der Waals surface area contributed by atoms with Gasteiger partial charge in [-0.1, -0.05) is 33.9 Å². The fourth-order valence-electron chi connectivity index (χ4n) is 2.41. The van der Waals surface area contributed by atoms with E-state index in [9.17, 15) is 0 Å². The topological polar surface area (TPSA) is 44.2 Å². The number of aromatic nitrogens is 2. The molecule has 4 nitrogen and oxygen atoms in total. The maximum Gasteiger partial charge on any atom is 0.496 e. The average Bonchev–Trinajstić information content (AvgIpc) is 2.57. The summed E-state index contributed by atoms with van der Waals surface area (Å²) in [5.41, 5.74) is 0.359. The van der Waals surface area contributed by atoms with E-state index in [-0.39, 0.29) is 23.4 Å². The Labute approximate surface area is 136 Å². The predicted octanol–water partition coefficient (Wildman–Crippen LogP) is 2.49. The van der Waals surface area contributed by atoms with E-state index in [0.29, 0.717) is 0 Å². The van der Waals surface area contributed by atoms with Crippen LogP contribution in [0.1, 0.15) is 48.5 Å². The molecular formula is C16H29BN2O2Si. The third-order valence-corrected chi connectivity index (χ3v) is 11.3. The second-order valence-corrected chi connectivity index (χ2v) is 14.1. The van der Waals surface area contributed by atoms with Gasteiger partial charge in [0.05, 0.1) is 19.3 Å². The van der Waals surface area contributed by atoms with Gasteiger partial charge in [0.15, 0.2) is 0 Å². The molecule has 0 N–H and O–H groups in total. The fourth-order valence-corrected chi connectivity index (χ4v) is 4.51. The highest BCUT2D eigenvalue weighted by Crippen LogP contribution is 2.38. The Kier molecular flexibility index (Phi) is 4.12. The lowest BCUT2D eigenvalue weighted by atomic mass is 9.80. The molecule has 0 saturated carbocycles. The summed E-state index contributed by atoms with van der Waals surface area (Å²) < 4.78 is 12.5. The van der Waals surface area contributed by atoms with Crippen molar-refractivity contribution in [3.05, 3.63) is 12.4 Å². The van der Waals surface area contributed by atoms with Crippen LogP contribution in [0.15, 0.2) is 12.4 Å². The van der Waals surface area contributed by atoms with Crippen LogP contribution in [-0.2, 0) is 9.31 Å². The van der Waals surface area contributed by atoms with Gasteiger partial charge in [0.25, 0.3) is 0 Å². The van der Waals surface area contributed by atoms with Gasteiger partial charge in [0, 0.05) is 17.9 Å². The highest BCUT2D eigenvalue weighted by Gasteiger charge is 2.53. The lowest BCUT2D eigenvalue weighted by Gasteiger charge is -2.38. The van der Waals surface area contributed by atoms with Crippen molar-refractivity contribution in [1.82, 2.24) is 10.2 Å². The Morgan fingerprint density at radius 1 is 0.955 bits per heavy atom. The molecule has 1 aromatic heterocycles. The van der Waals surface area contributed by atoms with Crippen molar-refractivity contribution in [3.63, 3.8) is 0 Å². The lowest BCUT2D eigenvalue weighted by molar-refractivity contribution is 0.00578. The maximum absolute atomic E-state index is 6.23. The summed E-state index contributed by atoms with van der Waals surface area (Å²) in [5.74, 6) is 0. The van der Waals surface area contributed by atoms with Crippen LogP contribution in [0.4, 0.5) is 0 Å². The summed E-state index contributed by atoms with van der Waals surface area (Å²) in [6.07, 6.45) is 3.73. The minimum atomic E-state index is -1.75. The van der Waals surface area contributed by atoms with Crippen molar-refractivity contribution in [3.8, 4) is 0 Å². The molecule has 0 spiro atoms. The Morgan fingerprint density at radius 3 is 1.86 bits per heavy atom. The zero-order valence-corrected chi connectivity index (χ0v) is 16.4. The third kappa shape index (κ3) is 2.76. The highest BCUT2D eigenvalue weighted by molar-refractivity contribution is 6.95. The van der Waals surface area contributed by atoms with Gasteiger partial charge < -0.3 is 9.31 Å². The van der Waals surface area contributed by atoms with Gasteiger partial charge in [-0.2, -0.15) is 10.2 Å². The lowest BCUT2D eigenvalue weighted by Crippen LogP contribution is -2.59. The molecule has 1 aromatic rings. The molecule has 2 heterocycles. The van der Waals surface area contributed by atoms with Crippen molar-refractivity contribution < 1.29 is 9.31 Å². The SMILES string of the molecule is CC1(C)OB(c2cnncc2[Si](C)(C)C(C)(C)C)OC1(C)C. The molecule has 0 bridgehead atoms. The molecule has 122 valence electrons. The van der Waals surface area contributed by atoms with Gasteiger partial charge in [-0.25, -0.2) is 0 Å². The molecule has 2 rings (SSSR count). The Balaban J connectivity index is 2.48. The number of nitrogens with zero attached hydrogens (tertiary/aromatic N) is 2. The molecule has 0 aliphatic carbocycles. The first-order chi connectivity index (χ1) is 9.80. The smallest absolute Gasteiger partial charge is 0.399 e. The van der Waals surface area contributed by atoms with Crippen molar-refractivity contribution >= 4 is 25.8 Å². The minimum Gasteiger partial charge on any atom is -0.399 e. The third-order valence-electron chi connectivity index (χ3n) is 5.82. The number of hydrogen-bond acceptors (Lipinski definition) is 4. The molecule has 1 saturated heterocycles. The summed E-state index contributed by atoms with van der Waals surface area (Å²) in [6, 6.07) is 0. The molecule has 0 radical (unpaired) electrons. The molecule has 1 fully saturated rings. The Morgan fingerprint density at radius 2 is 1.41 bits per heavy atom. The second kappa shape index (κ2) is 5.15. The van der Waals surface area contributed by atoms with Gasteiger partial charge in [-0.15, -0.1) is 0 Å². The maximum atomic E-state index is 6.23. The Hall–Kier alpha value is -0.718. The van der Waals surface area contributed by atoms with Crippen LogP contribution < -0.4 is 10.6 Å². The van der Waals surface area contributed by atoms with Crippen molar-refractivity contribution in [2.24, 2.45) is 0 Å². The average molecular weight is 320 g/mol. The highest BCUT2D eigenvalue weighted by atomic mass is 28.3. The summed E-state index contributed by atoms with van der Waals surface area (Å²) in [7, 11) is -2.12. The van der Waals surface area contributed by atoms with Crippen molar-refractivity contribution in [2.45, 2.75) is 77.8 Å². The molecule has 1 aliphatic rings. The number of rotatable bonds is 2. The van der Waals surface area contributed by atoms with E-state index in [2.05, 4.69) is 71.8 Å². The van der Waals surface area contributed by atoms with Gasteiger partial charge in [0.1, 0.15) is 0 Å². The van der Waals surface area contributed by atoms with E-state index in [1.54, 1.807) is 0 Å². The van der Waals surface area contributed by atoms with Gasteiger partial charge in [0.2, 0.25) is 0 Å².